The molecule has 0 unspecified atom stereocenters. The number of rotatable bonds is 1. The van der Waals surface area contributed by atoms with Gasteiger partial charge in [-0.15, -0.1) is 0 Å². The van der Waals surface area contributed by atoms with Crippen LogP contribution in [-0.2, 0) is 10.3 Å². The highest BCUT2D eigenvalue weighted by Gasteiger charge is 2.59. The molecular formula is C13H15F4N3O. The first kappa shape index (κ1) is 15.6. The molecule has 116 valence electrons. The predicted molar refractivity (Wildman–Crippen MR) is 70.2 cm³/mol. The summed E-state index contributed by atoms with van der Waals surface area (Å²) in [6.07, 6.45) is -4.71. The van der Waals surface area contributed by atoms with E-state index in [1.54, 1.807) is 0 Å². The number of nitrogens with zero attached hydrogens (tertiary/aromatic N) is 1. The van der Waals surface area contributed by atoms with E-state index in [1.165, 1.54) is 19.1 Å². The molecule has 1 aromatic carbocycles. The van der Waals surface area contributed by atoms with E-state index < -0.39 is 35.6 Å². The lowest BCUT2D eigenvalue weighted by Crippen LogP contribution is -2.60. The zero-order chi connectivity index (χ0) is 16.1. The number of halogens is 4. The zero-order valence-electron chi connectivity index (χ0n) is 11.5. The first-order chi connectivity index (χ1) is 9.49. The molecule has 1 aliphatic rings. The number of aliphatic imine (C=N–C) groups is 1. The van der Waals surface area contributed by atoms with Gasteiger partial charge in [0.05, 0.1) is 6.61 Å². The molecular weight excluding hydrogens is 290 g/mol. The third-order valence-corrected chi connectivity index (χ3v) is 3.61. The second kappa shape index (κ2) is 4.59. The lowest BCUT2D eigenvalue weighted by Gasteiger charge is -2.41. The second-order valence-corrected chi connectivity index (χ2v) is 5.33. The van der Waals surface area contributed by atoms with E-state index in [2.05, 4.69) is 4.99 Å². The number of anilines is 1. The number of amidine groups is 1. The second-order valence-electron chi connectivity index (χ2n) is 5.33. The summed E-state index contributed by atoms with van der Waals surface area (Å²) < 4.78 is 57.8. The minimum atomic E-state index is -4.71. The standard InChI is InChI=1S/C13H15F4N3O/c1-11(8-5-7(18)3-4-9(8)14)6-21-12(2,10(19)20-11)13(15,16)17/h3-5H,6,18H2,1-2H3,(H2,19,20)/t11-,12+/m0/s1. The molecule has 2 atom stereocenters. The van der Waals surface area contributed by atoms with Crippen LogP contribution in [0.3, 0.4) is 0 Å². The van der Waals surface area contributed by atoms with Crippen LogP contribution in [0.4, 0.5) is 23.2 Å². The Morgan fingerprint density at radius 3 is 2.38 bits per heavy atom. The Morgan fingerprint density at radius 2 is 1.86 bits per heavy atom. The quantitative estimate of drug-likeness (QED) is 0.618. The summed E-state index contributed by atoms with van der Waals surface area (Å²) in [6.45, 7) is 1.76. The molecule has 1 aromatic rings. The molecule has 1 heterocycles. The van der Waals surface area contributed by atoms with Crippen LogP contribution in [-0.4, -0.2) is 24.2 Å². The normalized spacial score (nSPS) is 30.1. The predicted octanol–water partition coefficient (Wildman–Crippen LogP) is 2.33. The van der Waals surface area contributed by atoms with Crippen molar-refractivity contribution in [2.45, 2.75) is 31.2 Å². The van der Waals surface area contributed by atoms with Crippen LogP contribution in [0.25, 0.3) is 0 Å². The van der Waals surface area contributed by atoms with E-state index in [9.17, 15) is 17.6 Å². The molecule has 0 bridgehead atoms. The largest absolute Gasteiger partial charge is 0.424 e. The van der Waals surface area contributed by atoms with Crippen molar-refractivity contribution in [2.24, 2.45) is 10.7 Å². The Hall–Kier alpha value is -1.83. The molecule has 0 aliphatic carbocycles. The fourth-order valence-electron chi connectivity index (χ4n) is 2.08. The van der Waals surface area contributed by atoms with Crippen LogP contribution in [0, 0.1) is 5.82 Å². The van der Waals surface area contributed by atoms with Gasteiger partial charge in [0.15, 0.2) is 0 Å². The molecule has 1 aliphatic heterocycles. The number of benzene rings is 1. The first-order valence-electron chi connectivity index (χ1n) is 6.11. The van der Waals surface area contributed by atoms with Crippen LogP contribution in [0.1, 0.15) is 19.4 Å². The molecule has 4 N–H and O–H groups in total. The summed E-state index contributed by atoms with van der Waals surface area (Å²) in [5.41, 5.74) is 7.30. The summed E-state index contributed by atoms with van der Waals surface area (Å²) in [5.74, 6) is -1.38. The molecule has 0 saturated heterocycles. The Bertz CT molecular complexity index is 602. The fraction of sp³-hybridized carbons (Fsp3) is 0.462. The topological polar surface area (TPSA) is 73.6 Å². The number of hydrogen-bond donors (Lipinski definition) is 2. The Balaban J connectivity index is 2.51. The van der Waals surface area contributed by atoms with E-state index in [-0.39, 0.29) is 11.3 Å². The number of alkyl halides is 3. The molecule has 21 heavy (non-hydrogen) atoms. The Labute approximate surface area is 118 Å². The lowest BCUT2D eigenvalue weighted by molar-refractivity contribution is -0.249. The van der Waals surface area contributed by atoms with Crippen molar-refractivity contribution in [1.29, 1.82) is 0 Å². The van der Waals surface area contributed by atoms with Gasteiger partial charge >= 0.3 is 6.18 Å². The van der Waals surface area contributed by atoms with Crippen molar-refractivity contribution in [3.05, 3.63) is 29.6 Å². The van der Waals surface area contributed by atoms with Gasteiger partial charge in [-0.1, -0.05) is 0 Å². The summed E-state index contributed by atoms with van der Waals surface area (Å²) in [6, 6.07) is 3.78. The minimum absolute atomic E-state index is 0.0367. The van der Waals surface area contributed by atoms with E-state index in [4.69, 9.17) is 16.2 Å². The third-order valence-electron chi connectivity index (χ3n) is 3.61. The van der Waals surface area contributed by atoms with Crippen molar-refractivity contribution in [3.63, 3.8) is 0 Å². The highest BCUT2D eigenvalue weighted by Crippen LogP contribution is 2.41. The monoisotopic (exact) mass is 305 g/mol. The van der Waals surface area contributed by atoms with Crippen LogP contribution >= 0.6 is 0 Å². The highest BCUT2D eigenvalue weighted by atomic mass is 19.4. The SMILES string of the molecule is C[C@@]1(c2cc(N)ccc2F)CO[C@@](C)(C(F)(F)F)C(N)=N1. The van der Waals surface area contributed by atoms with Crippen molar-refractivity contribution >= 4 is 11.5 Å². The number of nitrogen functional groups attached to an aromatic ring is 1. The summed E-state index contributed by atoms with van der Waals surface area (Å²) in [7, 11) is 0. The van der Waals surface area contributed by atoms with E-state index in [0.29, 0.717) is 0 Å². The van der Waals surface area contributed by atoms with Crippen LogP contribution < -0.4 is 11.5 Å². The molecule has 0 radical (unpaired) electrons. The van der Waals surface area contributed by atoms with Gasteiger partial charge in [0.2, 0.25) is 5.60 Å². The Kier molecular flexibility index (Phi) is 3.40. The van der Waals surface area contributed by atoms with Crippen LogP contribution in [0.15, 0.2) is 23.2 Å². The average molecular weight is 305 g/mol. The highest BCUT2D eigenvalue weighted by molar-refractivity contribution is 5.90. The molecule has 0 saturated carbocycles. The van der Waals surface area contributed by atoms with Gasteiger partial charge in [0, 0.05) is 11.3 Å². The third kappa shape index (κ3) is 2.44. The fourth-order valence-corrected chi connectivity index (χ4v) is 2.08. The molecule has 4 nitrogen and oxygen atoms in total. The number of nitrogens with two attached hydrogens (primary N) is 2. The average Bonchev–Trinajstić information content (AvgIpc) is 2.36. The first-order valence-corrected chi connectivity index (χ1v) is 6.11. The van der Waals surface area contributed by atoms with Gasteiger partial charge in [-0.05, 0) is 32.0 Å². The molecule has 8 heteroatoms. The zero-order valence-corrected chi connectivity index (χ0v) is 11.5. The van der Waals surface area contributed by atoms with E-state index in [0.717, 1.165) is 13.0 Å². The molecule has 0 spiro atoms. The summed E-state index contributed by atoms with van der Waals surface area (Å²) in [5, 5.41) is 0. The van der Waals surface area contributed by atoms with Crippen molar-refractivity contribution < 1.29 is 22.3 Å². The minimum Gasteiger partial charge on any atom is -0.399 e. The van der Waals surface area contributed by atoms with E-state index in [1.807, 2.05) is 0 Å². The summed E-state index contributed by atoms with van der Waals surface area (Å²) in [4.78, 5) is 3.86. The molecule has 2 rings (SSSR count). The summed E-state index contributed by atoms with van der Waals surface area (Å²) >= 11 is 0. The van der Waals surface area contributed by atoms with Gasteiger partial charge in [-0.25, -0.2) is 4.39 Å². The van der Waals surface area contributed by atoms with Gasteiger partial charge in [-0.3, -0.25) is 4.99 Å². The molecule has 0 amide bonds. The van der Waals surface area contributed by atoms with Gasteiger partial charge < -0.3 is 16.2 Å². The Morgan fingerprint density at radius 1 is 1.24 bits per heavy atom. The van der Waals surface area contributed by atoms with Crippen LogP contribution in [0.5, 0.6) is 0 Å². The smallest absolute Gasteiger partial charge is 0.399 e. The van der Waals surface area contributed by atoms with Crippen molar-refractivity contribution in [2.75, 3.05) is 12.3 Å². The number of ether oxygens (including phenoxy) is 1. The lowest BCUT2D eigenvalue weighted by atomic mass is 9.89. The maximum Gasteiger partial charge on any atom is 0.424 e. The van der Waals surface area contributed by atoms with Crippen molar-refractivity contribution in [3.8, 4) is 0 Å². The van der Waals surface area contributed by atoms with Crippen LogP contribution in [0.2, 0.25) is 0 Å². The van der Waals surface area contributed by atoms with E-state index >= 15 is 0 Å². The maximum absolute atomic E-state index is 13.9. The van der Waals surface area contributed by atoms with Gasteiger partial charge in [0.1, 0.15) is 17.2 Å². The van der Waals surface area contributed by atoms with Gasteiger partial charge in [-0.2, -0.15) is 13.2 Å². The molecule has 0 fully saturated rings. The molecule has 0 aromatic heterocycles. The maximum atomic E-state index is 13.9. The number of hydrogen-bond acceptors (Lipinski definition) is 4. The van der Waals surface area contributed by atoms with Crippen molar-refractivity contribution in [1.82, 2.24) is 0 Å². The van der Waals surface area contributed by atoms with Gasteiger partial charge in [0.25, 0.3) is 0 Å².